The number of rotatable bonds is 10. The molecule has 0 fully saturated rings. The normalized spacial score (nSPS) is 12.2. The Morgan fingerprint density at radius 3 is 2.74 bits per heavy atom. The number of para-hydroxylation sites is 1. The van der Waals surface area contributed by atoms with Crippen LogP contribution in [0.4, 0.5) is 4.39 Å². The minimum atomic E-state index is -0.829. The van der Waals surface area contributed by atoms with Crippen molar-refractivity contribution < 1.29 is 19.0 Å². The van der Waals surface area contributed by atoms with E-state index in [4.69, 9.17) is 21.4 Å². The highest BCUT2D eigenvalue weighted by atomic mass is 35.5. The molecule has 0 saturated heterocycles. The zero-order chi connectivity index (χ0) is 19.8. The molecule has 0 aromatic heterocycles. The second-order valence-electron chi connectivity index (χ2n) is 6.07. The molecule has 0 bridgehead atoms. The van der Waals surface area contributed by atoms with E-state index >= 15 is 0 Å². The molecule has 1 unspecified atom stereocenters. The van der Waals surface area contributed by atoms with Crippen LogP contribution in [0, 0.1) is 5.82 Å². The summed E-state index contributed by atoms with van der Waals surface area (Å²) in [4.78, 5) is 14.6. The summed E-state index contributed by atoms with van der Waals surface area (Å²) in [5.41, 5.74) is 0. The van der Waals surface area contributed by atoms with Crippen LogP contribution in [-0.4, -0.2) is 41.7 Å². The van der Waals surface area contributed by atoms with Crippen molar-refractivity contribution in [2.75, 3.05) is 19.7 Å². The van der Waals surface area contributed by atoms with Gasteiger partial charge in [-0.2, -0.15) is 0 Å². The Hall–Kier alpha value is -1.76. The summed E-state index contributed by atoms with van der Waals surface area (Å²) >= 11 is 7.30. The number of carboxylic acids is 1. The van der Waals surface area contributed by atoms with Crippen molar-refractivity contribution >= 4 is 29.3 Å². The highest BCUT2D eigenvalue weighted by Crippen LogP contribution is 2.36. The van der Waals surface area contributed by atoms with Gasteiger partial charge in [-0.05, 0) is 50.2 Å². The molecule has 2 aromatic rings. The molecule has 146 valence electrons. The molecule has 1 N–H and O–H groups in total. The molecule has 0 aliphatic heterocycles. The Balaban J connectivity index is 1.97. The van der Waals surface area contributed by atoms with Gasteiger partial charge >= 0.3 is 5.97 Å². The average molecular weight is 412 g/mol. The maximum Gasteiger partial charge on any atom is 0.317 e. The predicted octanol–water partition coefficient (Wildman–Crippen LogP) is 5.19. The van der Waals surface area contributed by atoms with Crippen molar-refractivity contribution in [1.29, 1.82) is 0 Å². The number of ether oxygens (including phenoxy) is 1. The highest BCUT2D eigenvalue weighted by molar-refractivity contribution is 7.99. The smallest absolute Gasteiger partial charge is 0.317 e. The molecule has 0 aliphatic rings. The van der Waals surface area contributed by atoms with Crippen molar-refractivity contribution in [2.45, 2.75) is 36.1 Å². The predicted molar refractivity (Wildman–Crippen MR) is 106 cm³/mol. The fourth-order valence-corrected chi connectivity index (χ4v) is 3.78. The summed E-state index contributed by atoms with van der Waals surface area (Å²) in [6, 6.07) is 12.3. The highest BCUT2D eigenvalue weighted by Gasteiger charge is 2.15. The molecular formula is C20H23ClFNO3S. The van der Waals surface area contributed by atoms with Crippen LogP contribution in [0.15, 0.2) is 52.3 Å². The lowest BCUT2D eigenvalue weighted by Crippen LogP contribution is -2.38. The largest absolute Gasteiger partial charge is 0.492 e. The molecule has 0 radical (unpaired) electrons. The first-order valence-corrected chi connectivity index (χ1v) is 9.90. The number of hydrogen-bond donors (Lipinski definition) is 1. The molecule has 4 nitrogen and oxygen atoms in total. The molecule has 2 aromatic carbocycles. The fraction of sp³-hybridized carbons (Fsp3) is 0.350. The van der Waals surface area contributed by atoms with Gasteiger partial charge < -0.3 is 9.84 Å². The molecule has 0 saturated carbocycles. The third-order valence-electron chi connectivity index (χ3n) is 4.13. The van der Waals surface area contributed by atoms with E-state index in [0.717, 1.165) is 15.5 Å². The molecule has 27 heavy (non-hydrogen) atoms. The van der Waals surface area contributed by atoms with Gasteiger partial charge in [-0.25, -0.2) is 4.39 Å². The van der Waals surface area contributed by atoms with Gasteiger partial charge in [-0.1, -0.05) is 42.4 Å². The summed E-state index contributed by atoms with van der Waals surface area (Å²) < 4.78 is 19.3. The first kappa shape index (κ1) is 21.5. The average Bonchev–Trinajstić information content (AvgIpc) is 2.64. The van der Waals surface area contributed by atoms with Gasteiger partial charge in [-0.15, -0.1) is 0 Å². The van der Waals surface area contributed by atoms with E-state index in [0.29, 0.717) is 19.6 Å². The molecule has 1 atom stereocenters. The Morgan fingerprint density at radius 2 is 2.07 bits per heavy atom. The van der Waals surface area contributed by atoms with Crippen LogP contribution in [0.1, 0.15) is 20.3 Å². The number of halogens is 2. The number of aliphatic carboxylic acids is 1. The topological polar surface area (TPSA) is 49.8 Å². The second kappa shape index (κ2) is 10.5. The summed E-state index contributed by atoms with van der Waals surface area (Å²) in [7, 11) is 0. The Bertz CT molecular complexity index is 775. The molecule has 2 rings (SSSR count). The molecule has 7 heteroatoms. The second-order valence-corrected chi connectivity index (χ2v) is 7.59. The monoisotopic (exact) mass is 411 g/mol. The zero-order valence-electron chi connectivity index (χ0n) is 15.3. The standard InChI is InChI=1S/C20H23ClFNO3S/c1-3-23(13-20(24)25)14(2)10-11-26-18-6-4-5-7-19(18)27-15-8-9-17(22)16(21)12-15/h4-9,12,14H,3,10-11,13H2,1-2H3,(H,24,25). The van der Waals surface area contributed by atoms with E-state index in [9.17, 15) is 9.18 Å². The van der Waals surface area contributed by atoms with Crippen LogP contribution in [0.3, 0.4) is 0 Å². The third-order valence-corrected chi connectivity index (χ3v) is 5.47. The van der Waals surface area contributed by atoms with Crippen molar-refractivity contribution in [1.82, 2.24) is 4.90 Å². The molecule has 0 heterocycles. The number of nitrogens with zero attached hydrogens (tertiary/aromatic N) is 1. The Morgan fingerprint density at radius 1 is 1.33 bits per heavy atom. The summed E-state index contributed by atoms with van der Waals surface area (Å²) in [6.45, 7) is 5.11. The van der Waals surface area contributed by atoms with Crippen molar-refractivity contribution in [3.8, 4) is 5.75 Å². The van der Waals surface area contributed by atoms with Crippen molar-refractivity contribution in [3.05, 3.63) is 53.3 Å². The molecular weight excluding hydrogens is 389 g/mol. The van der Waals surface area contributed by atoms with Gasteiger partial charge in [0, 0.05) is 10.9 Å². The zero-order valence-corrected chi connectivity index (χ0v) is 16.9. The SMILES string of the molecule is CCN(CC(=O)O)C(C)CCOc1ccccc1Sc1ccc(F)c(Cl)c1. The van der Waals surface area contributed by atoms with E-state index < -0.39 is 11.8 Å². The first-order chi connectivity index (χ1) is 12.9. The van der Waals surface area contributed by atoms with Gasteiger partial charge in [0.2, 0.25) is 0 Å². The number of carboxylic acid groups (broad SMARTS) is 1. The third kappa shape index (κ3) is 6.72. The Kier molecular flexibility index (Phi) is 8.41. The van der Waals surface area contributed by atoms with Crippen LogP contribution >= 0.6 is 23.4 Å². The van der Waals surface area contributed by atoms with E-state index in [1.807, 2.05) is 43.0 Å². The van der Waals surface area contributed by atoms with Gasteiger partial charge in [0.05, 0.1) is 23.1 Å². The van der Waals surface area contributed by atoms with E-state index in [-0.39, 0.29) is 17.6 Å². The number of carbonyl (C=O) groups is 1. The summed E-state index contributed by atoms with van der Waals surface area (Å²) in [5.74, 6) is -0.540. The first-order valence-electron chi connectivity index (χ1n) is 8.71. The summed E-state index contributed by atoms with van der Waals surface area (Å²) in [6.07, 6.45) is 0.711. The lowest BCUT2D eigenvalue weighted by molar-refractivity contribution is -0.138. The van der Waals surface area contributed by atoms with Gasteiger partial charge in [-0.3, -0.25) is 9.69 Å². The quantitative estimate of drug-likeness (QED) is 0.582. The van der Waals surface area contributed by atoms with E-state index in [1.54, 1.807) is 12.1 Å². The number of hydrogen-bond acceptors (Lipinski definition) is 4. The Labute approximate surface area is 168 Å². The maximum absolute atomic E-state index is 13.3. The lowest BCUT2D eigenvalue weighted by Gasteiger charge is -2.26. The molecule has 0 aliphatic carbocycles. The van der Waals surface area contributed by atoms with Crippen LogP contribution in [-0.2, 0) is 4.79 Å². The minimum absolute atomic E-state index is 0.0232. The molecule has 0 spiro atoms. The van der Waals surface area contributed by atoms with E-state index in [1.165, 1.54) is 17.8 Å². The van der Waals surface area contributed by atoms with Crippen molar-refractivity contribution in [3.63, 3.8) is 0 Å². The van der Waals surface area contributed by atoms with Gasteiger partial charge in [0.1, 0.15) is 11.6 Å². The van der Waals surface area contributed by atoms with Gasteiger partial charge in [0.25, 0.3) is 0 Å². The van der Waals surface area contributed by atoms with E-state index in [2.05, 4.69) is 0 Å². The van der Waals surface area contributed by atoms with Crippen LogP contribution in [0.25, 0.3) is 0 Å². The lowest BCUT2D eigenvalue weighted by atomic mass is 10.2. The minimum Gasteiger partial charge on any atom is -0.492 e. The number of benzene rings is 2. The van der Waals surface area contributed by atoms with Crippen LogP contribution in [0.2, 0.25) is 5.02 Å². The molecule has 0 amide bonds. The van der Waals surface area contributed by atoms with Gasteiger partial charge in [0.15, 0.2) is 0 Å². The van der Waals surface area contributed by atoms with Crippen LogP contribution < -0.4 is 4.74 Å². The van der Waals surface area contributed by atoms with Crippen LogP contribution in [0.5, 0.6) is 5.75 Å². The fourth-order valence-electron chi connectivity index (χ4n) is 2.60. The van der Waals surface area contributed by atoms with Crippen molar-refractivity contribution in [2.24, 2.45) is 0 Å². The summed E-state index contributed by atoms with van der Waals surface area (Å²) in [5, 5.41) is 9.06. The maximum atomic E-state index is 13.3. The number of likely N-dealkylation sites (N-methyl/N-ethyl adjacent to an activating group) is 1.